The summed E-state index contributed by atoms with van der Waals surface area (Å²) in [6.07, 6.45) is 14.3. The first-order valence-electron chi connectivity index (χ1n) is 9.55. The minimum Gasteiger partial charge on any atom is -0.459 e. The summed E-state index contributed by atoms with van der Waals surface area (Å²) in [5.74, 6) is 0.692. The van der Waals surface area contributed by atoms with Gasteiger partial charge < -0.3 is 4.74 Å². The highest BCUT2D eigenvalue weighted by Gasteiger charge is 2.23. The van der Waals surface area contributed by atoms with E-state index in [0.29, 0.717) is 5.56 Å². The molecule has 1 aliphatic carbocycles. The molecular formula is C21H32O2. The van der Waals surface area contributed by atoms with E-state index in [1.165, 1.54) is 57.8 Å². The van der Waals surface area contributed by atoms with E-state index < -0.39 is 0 Å². The third-order valence-corrected chi connectivity index (χ3v) is 5.04. The monoisotopic (exact) mass is 316 g/mol. The Labute approximate surface area is 141 Å². The second-order valence-corrected chi connectivity index (χ2v) is 6.97. The highest BCUT2D eigenvalue weighted by molar-refractivity contribution is 5.89. The minimum atomic E-state index is -0.162. The first-order valence-corrected chi connectivity index (χ1v) is 9.55. The number of unbranched alkanes of at least 4 members (excludes halogenated alkanes) is 5. The van der Waals surface area contributed by atoms with Gasteiger partial charge in [0.15, 0.2) is 0 Å². The van der Waals surface area contributed by atoms with Gasteiger partial charge in [-0.1, -0.05) is 70.1 Å². The second kappa shape index (κ2) is 10.5. The van der Waals surface area contributed by atoms with Crippen LogP contribution in [-0.4, -0.2) is 12.1 Å². The Bertz CT molecular complexity index is 432. The molecule has 0 heterocycles. The van der Waals surface area contributed by atoms with E-state index >= 15 is 0 Å². The van der Waals surface area contributed by atoms with Crippen LogP contribution in [0.2, 0.25) is 0 Å². The Hall–Kier alpha value is -1.31. The molecule has 0 radical (unpaired) electrons. The highest BCUT2D eigenvalue weighted by atomic mass is 16.5. The number of esters is 1. The van der Waals surface area contributed by atoms with Gasteiger partial charge in [-0.25, -0.2) is 4.79 Å². The molecule has 0 amide bonds. The predicted molar refractivity (Wildman–Crippen MR) is 95.6 cm³/mol. The SMILES string of the molecule is CCCCCCCC[C@H]1CC[C@H](OC(=O)c2ccccc2)CC1. The van der Waals surface area contributed by atoms with E-state index in [2.05, 4.69) is 6.92 Å². The lowest BCUT2D eigenvalue weighted by Crippen LogP contribution is -2.24. The summed E-state index contributed by atoms with van der Waals surface area (Å²) in [4.78, 5) is 12.1. The van der Waals surface area contributed by atoms with Crippen LogP contribution < -0.4 is 0 Å². The van der Waals surface area contributed by atoms with Crippen LogP contribution in [-0.2, 0) is 4.74 Å². The number of hydrogen-bond donors (Lipinski definition) is 0. The summed E-state index contributed by atoms with van der Waals surface area (Å²) in [6, 6.07) is 9.34. The van der Waals surface area contributed by atoms with Crippen LogP contribution >= 0.6 is 0 Å². The number of rotatable bonds is 9. The van der Waals surface area contributed by atoms with Gasteiger partial charge in [0.05, 0.1) is 5.56 Å². The van der Waals surface area contributed by atoms with Crippen LogP contribution in [0.4, 0.5) is 0 Å². The molecule has 0 unspecified atom stereocenters. The molecule has 0 bridgehead atoms. The molecule has 2 heteroatoms. The van der Waals surface area contributed by atoms with Gasteiger partial charge in [-0.05, 0) is 43.7 Å². The van der Waals surface area contributed by atoms with Gasteiger partial charge in [-0.15, -0.1) is 0 Å². The van der Waals surface area contributed by atoms with Crippen molar-refractivity contribution in [1.82, 2.24) is 0 Å². The van der Waals surface area contributed by atoms with Crippen molar-refractivity contribution in [3.8, 4) is 0 Å². The molecule has 1 aromatic rings. The maximum absolute atomic E-state index is 12.1. The molecule has 0 spiro atoms. The highest BCUT2D eigenvalue weighted by Crippen LogP contribution is 2.30. The van der Waals surface area contributed by atoms with Crippen molar-refractivity contribution >= 4 is 5.97 Å². The summed E-state index contributed by atoms with van der Waals surface area (Å²) in [7, 11) is 0. The van der Waals surface area contributed by atoms with E-state index in [1.54, 1.807) is 0 Å². The van der Waals surface area contributed by atoms with Crippen molar-refractivity contribution in [3.05, 3.63) is 35.9 Å². The van der Waals surface area contributed by atoms with Crippen LogP contribution in [0, 0.1) is 5.92 Å². The lowest BCUT2D eigenvalue weighted by molar-refractivity contribution is 0.0161. The lowest BCUT2D eigenvalue weighted by atomic mass is 9.84. The molecule has 2 nitrogen and oxygen atoms in total. The molecule has 1 saturated carbocycles. The van der Waals surface area contributed by atoms with Crippen LogP contribution in [0.1, 0.15) is 87.9 Å². The Morgan fingerprint density at radius 1 is 0.957 bits per heavy atom. The molecular weight excluding hydrogens is 284 g/mol. The van der Waals surface area contributed by atoms with Gasteiger partial charge in [-0.2, -0.15) is 0 Å². The van der Waals surface area contributed by atoms with Gasteiger partial charge in [0.25, 0.3) is 0 Å². The smallest absolute Gasteiger partial charge is 0.338 e. The molecule has 23 heavy (non-hydrogen) atoms. The molecule has 0 aliphatic heterocycles. The topological polar surface area (TPSA) is 26.3 Å². The number of carbonyl (C=O) groups is 1. The third kappa shape index (κ3) is 6.76. The van der Waals surface area contributed by atoms with E-state index in [-0.39, 0.29) is 12.1 Å². The van der Waals surface area contributed by atoms with Crippen molar-refractivity contribution in [2.24, 2.45) is 5.92 Å². The molecule has 1 aromatic carbocycles. The molecule has 1 aliphatic rings. The minimum absolute atomic E-state index is 0.128. The van der Waals surface area contributed by atoms with Crippen molar-refractivity contribution in [2.75, 3.05) is 0 Å². The average molecular weight is 316 g/mol. The summed E-state index contributed by atoms with van der Waals surface area (Å²) in [5.41, 5.74) is 0.668. The maximum Gasteiger partial charge on any atom is 0.338 e. The standard InChI is InChI=1S/C21H32O2/c1-2-3-4-5-6-8-11-18-14-16-20(17-15-18)23-21(22)19-12-9-7-10-13-19/h7,9-10,12-13,18,20H,2-6,8,11,14-17H2,1H3/t18-,20-. The first kappa shape index (κ1) is 18.0. The summed E-state index contributed by atoms with van der Waals surface area (Å²) in [6.45, 7) is 2.27. The van der Waals surface area contributed by atoms with Gasteiger partial charge in [0.1, 0.15) is 6.10 Å². The normalized spacial score (nSPS) is 21.1. The van der Waals surface area contributed by atoms with E-state index in [0.717, 1.165) is 18.8 Å². The van der Waals surface area contributed by atoms with Crippen LogP contribution in [0.25, 0.3) is 0 Å². The number of ether oxygens (including phenoxy) is 1. The van der Waals surface area contributed by atoms with E-state index in [1.807, 2.05) is 30.3 Å². The van der Waals surface area contributed by atoms with E-state index in [9.17, 15) is 4.79 Å². The number of hydrogen-bond acceptors (Lipinski definition) is 2. The third-order valence-electron chi connectivity index (χ3n) is 5.04. The predicted octanol–water partition coefficient (Wildman–Crippen LogP) is 6.15. The Morgan fingerprint density at radius 2 is 1.61 bits per heavy atom. The molecule has 2 rings (SSSR count). The fraction of sp³-hybridized carbons (Fsp3) is 0.667. The lowest BCUT2D eigenvalue weighted by Gasteiger charge is -2.28. The summed E-state index contributed by atoms with van der Waals surface area (Å²) in [5, 5.41) is 0. The van der Waals surface area contributed by atoms with Gasteiger partial charge in [0.2, 0.25) is 0 Å². The van der Waals surface area contributed by atoms with Gasteiger partial charge >= 0.3 is 5.97 Å². The van der Waals surface area contributed by atoms with Crippen LogP contribution in [0.15, 0.2) is 30.3 Å². The number of benzene rings is 1. The Kier molecular flexibility index (Phi) is 8.20. The zero-order valence-corrected chi connectivity index (χ0v) is 14.6. The van der Waals surface area contributed by atoms with Crippen molar-refractivity contribution in [2.45, 2.75) is 83.7 Å². The van der Waals surface area contributed by atoms with Gasteiger partial charge in [-0.3, -0.25) is 0 Å². The van der Waals surface area contributed by atoms with Gasteiger partial charge in [0, 0.05) is 0 Å². The maximum atomic E-state index is 12.1. The van der Waals surface area contributed by atoms with Crippen molar-refractivity contribution in [3.63, 3.8) is 0 Å². The zero-order chi connectivity index (χ0) is 16.3. The fourth-order valence-electron chi connectivity index (χ4n) is 3.55. The van der Waals surface area contributed by atoms with Crippen molar-refractivity contribution < 1.29 is 9.53 Å². The molecule has 1 fully saturated rings. The zero-order valence-electron chi connectivity index (χ0n) is 14.6. The van der Waals surface area contributed by atoms with E-state index in [4.69, 9.17) is 4.74 Å². The number of carbonyl (C=O) groups excluding carboxylic acids is 1. The first-order chi connectivity index (χ1) is 11.3. The Morgan fingerprint density at radius 3 is 2.30 bits per heavy atom. The second-order valence-electron chi connectivity index (χ2n) is 6.97. The molecule has 0 N–H and O–H groups in total. The Balaban J connectivity index is 1.58. The fourth-order valence-corrected chi connectivity index (χ4v) is 3.55. The quantitative estimate of drug-likeness (QED) is 0.403. The summed E-state index contributed by atoms with van der Waals surface area (Å²) >= 11 is 0. The summed E-state index contributed by atoms with van der Waals surface area (Å²) < 4.78 is 5.66. The largest absolute Gasteiger partial charge is 0.459 e. The molecule has 0 atom stereocenters. The molecule has 128 valence electrons. The van der Waals surface area contributed by atoms with Crippen LogP contribution in [0.5, 0.6) is 0 Å². The molecule has 0 aromatic heterocycles. The molecule has 0 saturated heterocycles. The van der Waals surface area contributed by atoms with Crippen molar-refractivity contribution in [1.29, 1.82) is 0 Å². The van der Waals surface area contributed by atoms with Crippen LogP contribution in [0.3, 0.4) is 0 Å². The average Bonchev–Trinajstić information content (AvgIpc) is 2.60.